The molecule has 27 heavy (non-hydrogen) atoms. The fraction of sp³-hybridized carbons (Fsp3) is 0.316. The minimum Gasteiger partial charge on any atom is -0.336 e. The molecule has 0 aromatic heterocycles. The van der Waals surface area contributed by atoms with Crippen molar-refractivity contribution in [3.63, 3.8) is 0 Å². The van der Waals surface area contributed by atoms with E-state index >= 15 is 0 Å². The van der Waals surface area contributed by atoms with E-state index in [0.717, 1.165) is 17.7 Å². The van der Waals surface area contributed by atoms with Crippen LogP contribution in [-0.4, -0.2) is 49.7 Å². The lowest BCUT2D eigenvalue weighted by Crippen LogP contribution is -2.50. The van der Waals surface area contributed by atoms with Gasteiger partial charge in [-0.05, 0) is 37.6 Å². The summed E-state index contributed by atoms with van der Waals surface area (Å²) in [6, 6.07) is 7.93. The Labute approximate surface area is 157 Å². The molecule has 0 spiro atoms. The van der Waals surface area contributed by atoms with Crippen molar-refractivity contribution in [1.82, 2.24) is 9.21 Å². The molecule has 1 aliphatic heterocycles. The van der Waals surface area contributed by atoms with E-state index in [2.05, 4.69) is 0 Å². The van der Waals surface area contributed by atoms with Crippen molar-refractivity contribution in [3.05, 3.63) is 64.7 Å². The van der Waals surface area contributed by atoms with Crippen LogP contribution >= 0.6 is 0 Å². The third-order valence-electron chi connectivity index (χ3n) is 4.64. The second kappa shape index (κ2) is 7.36. The smallest absolute Gasteiger partial charge is 0.256 e. The first kappa shape index (κ1) is 19.4. The normalized spacial score (nSPS) is 15.8. The molecular formula is C19H20F2N2O3S. The van der Waals surface area contributed by atoms with Gasteiger partial charge < -0.3 is 4.90 Å². The van der Waals surface area contributed by atoms with Gasteiger partial charge in [-0.15, -0.1) is 0 Å². The maximum atomic E-state index is 13.8. The average Bonchev–Trinajstić information content (AvgIpc) is 2.61. The lowest BCUT2D eigenvalue weighted by Gasteiger charge is -2.34. The van der Waals surface area contributed by atoms with Crippen LogP contribution in [0.25, 0.3) is 0 Å². The fourth-order valence-corrected chi connectivity index (χ4v) is 4.82. The molecule has 8 heteroatoms. The van der Waals surface area contributed by atoms with Crippen molar-refractivity contribution in [2.24, 2.45) is 0 Å². The molecule has 144 valence electrons. The summed E-state index contributed by atoms with van der Waals surface area (Å²) < 4.78 is 53.9. The average molecular weight is 394 g/mol. The van der Waals surface area contributed by atoms with Crippen molar-refractivity contribution in [2.45, 2.75) is 18.7 Å². The molecule has 3 rings (SSSR count). The molecule has 1 aliphatic rings. The van der Waals surface area contributed by atoms with E-state index in [-0.39, 0.29) is 36.6 Å². The van der Waals surface area contributed by atoms with Gasteiger partial charge >= 0.3 is 0 Å². The van der Waals surface area contributed by atoms with Crippen LogP contribution in [0, 0.1) is 25.5 Å². The Morgan fingerprint density at radius 3 is 2.22 bits per heavy atom. The monoisotopic (exact) mass is 394 g/mol. The standard InChI is InChI=1S/C19H20F2N2O3S/c1-13-3-6-18(14(2)11-13)27(25,26)23-9-7-22(8-10-23)19(24)16-5-4-15(20)12-17(16)21/h3-6,11-12H,7-10H2,1-2H3. The van der Waals surface area contributed by atoms with Gasteiger partial charge in [-0.1, -0.05) is 17.7 Å². The van der Waals surface area contributed by atoms with Gasteiger partial charge in [0, 0.05) is 32.2 Å². The summed E-state index contributed by atoms with van der Waals surface area (Å²) in [6.45, 7) is 4.15. The number of nitrogens with zero attached hydrogens (tertiary/aromatic N) is 2. The zero-order valence-corrected chi connectivity index (χ0v) is 15.9. The van der Waals surface area contributed by atoms with Gasteiger partial charge in [0.25, 0.3) is 5.91 Å². The first-order valence-corrected chi connectivity index (χ1v) is 9.96. The molecule has 0 atom stereocenters. The molecule has 1 fully saturated rings. The quantitative estimate of drug-likeness (QED) is 0.804. The summed E-state index contributed by atoms with van der Waals surface area (Å²) in [5.41, 5.74) is 1.42. The predicted octanol–water partition coefficient (Wildman–Crippen LogP) is 2.73. The van der Waals surface area contributed by atoms with Crippen LogP contribution in [0.3, 0.4) is 0 Å². The number of hydrogen-bond donors (Lipinski definition) is 0. The number of amides is 1. The molecule has 0 N–H and O–H groups in total. The van der Waals surface area contributed by atoms with E-state index in [4.69, 9.17) is 0 Å². The molecular weight excluding hydrogens is 374 g/mol. The molecule has 2 aromatic carbocycles. The van der Waals surface area contributed by atoms with E-state index in [0.29, 0.717) is 11.6 Å². The number of rotatable bonds is 3. The van der Waals surface area contributed by atoms with Gasteiger partial charge in [0.05, 0.1) is 10.5 Å². The highest BCUT2D eigenvalue weighted by atomic mass is 32.2. The molecule has 0 radical (unpaired) electrons. The first-order chi connectivity index (χ1) is 12.7. The summed E-state index contributed by atoms with van der Waals surface area (Å²) in [5.74, 6) is -2.25. The third-order valence-corrected chi connectivity index (χ3v) is 6.69. The Morgan fingerprint density at radius 2 is 1.63 bits per heavy atom. The molecule has 0 aliphatic carbocycles. The molecule has 0 saturated carbocycles. The second-order valence-electron chi connectivity index (χ2n) is 6.59. The lowest BCUT2D eigenvalue weighted by atomic mass is 10.1. The van der Waals surface area contributed by atoms with Gasteiger partial charge in [-0.25, -0.2) is 17.2 Å². The van der Waals surface area contributed by atoms with E-state index in [1.807, 2.05) is 13.0 Å². The summed E-state index contributed by atoms with van der Waals surface area (Å²) in [7, 11) is -3.67. The van der Waals surface area contributed by atoms with Crippen LogP contribution < -0.4 is 0 Å². The van der Waals surface area contributed by atoms with Crippen molar-refractivity contribution in [2.75, 3.05) is 26.2 Å². The third kappa shape index (κ3) is 3.86. The van der Waals surface area contributed by atoms with Crippen molar-refractivity contribution in [1.29, 1.82) is 0 Å². The number of hydrogen-bond acceptors (Lipinski definition) is 3. The van der Waals surface area contributed by atoms with E-state index in [9.17, 15) is 22.0 Å². The Hall–Kier alpha value is -2.32. The van der Waals surface area contributed by atoms with Crippen LogP contribution in [0.1, 0.15) is 21.5 Å². The Bertz CT molecular complexity index is 984. The van der Waals surface area contributed by atoms with E-state index in [1.54, 1.807) is 19.1 Å². The van der Waals surface area contributed by atoms with Crippen molar-refractivity contribution < 1.29 is 22.0 Å². The van der Waals surface area contributed by atoms with Crippen molar-refractivity contribution in [3.8, 4) is 0 Å². The summed E-state index contributed by atoms with van der Waals surface area (Å²) in [5, 5.41) is 0. The number of piperazine rings is 1. The molecule has 1 saturated heterocycles. The molecule has 1 heterocycles. The highest BCUT2D eigenvalue weighted by molar-refractivity contribution is 7.89. The molecule has 5 nitrogen and oxygen atoms in total. The maximum Gasteiger partial charge on any atom is 0.256 e. The van der Waals surface area contributed by atoms with Gasteiger partial charge in [0.15, 0.2) is 0 Å². The lowest BCUT2D eigenvalue weighted by molar-refractivity contribution is 0.0693. The Balaban J connectivity index is 1.74. The topological polar surface area (TPSA) is 57.7 Å². The Morgan fingerprint density at radius 1 is 0.963 bits per heavy atom. The number of sulfonamides is 1. The number of carbonyl (C=O) groups is 1. The van der Waals surface area contributed by atoms with Crippen LogP contribution in [0.5, 0.6) is 0 Å². The number of halogens is 2. The van der Waals surface area contributed by atoms with Gasteiger partial charge in [0.2, 0.25) is 10.0 Å². The summed E-state index contributed by atoms with van der Waals surface area (Å²) >= 11 is 0. The number of aryl methyl sites for hydroxylation is 2. The highest BCUT2D eigenvalue weighted by Gasteiger charge is 2.31. The maximum absolute atomic E-state index is 13.8. The van der Waals surface area contributed by atoms with Crippen LogP contribution in [-0.2, 0) is 10.0 Å². The zero-order chi connectivity index (χ0) is 19.8. The van der Waals surface area contributed by atoms with Gasteiger partial charge in [-0.2, -0.15) is 4.31 Å². The number of carbonyl (C=O) groups excluding carboxylic acids is 1. The number of benzene rings is 2. The molecule has 1 amide bonds. The Kier molecular flexibility index (Phi) is 5.30. The van der Waals surface area contributed by atoms with E-state index < -0.39 is 27.6 Å². The largest absolute Gasteiger partial charge is 0.336 e. The predicted molar refractivity (Wildman–Crippen MR) is 96.9 cm³/mol. The second-order valence-corrected chi connectivity index (χ2v) is 8.50. The van der Waals surface area contributed by atoms with Gasteiger partial charge in [0.1, 0.15) is 11.6 Å². The van der Waals surface area contributed by atoms with Crippen molar-refractivity contribution >= 4 is 15.9 Å². The van der Waals surface area contributed by atoms with Crippen LogP contribution in [0.2, 0.25) is 0 Å². The summed E-state index contributed by atoms with van der Waals surface area (Å²) in [4.78, 5) is 14.1. The summed E-state index contributed by atoms with van der Waals surface area (Å²) in [6.07, 6.45) is 0. The SMILES string of the molecule is Cc1ccc(S(=O)(=O)N2CCN(C(=O)c3ccc(F)cc3F)CC2)c(C)c1. The fourth-order valence-electron chi connectivity index (χ4n) is 3.19. The minimum atomic E-state index is -3.67. The highest BCUT2D eigenvalue weighted by Crippen LogP contribution is 2.23. The zero-order valence-electron chi connectivity index (χ0n) is 15.1. The van der Waals surface area contributed by atoms with Crippen LogP contribution in [0.4, 0.5) is 8.78 Å². The molecule has 0 unspecified atom stereocenters. The van der Waals surface area contributed by atoms with E-state index in [1.165, 1.54) is 9.21 Å². The molecule has 2 aromatic rings. The van der Waals surface area contributed by atoms with Crippen LogP contribution in [0.15, 0.2) is 41.3 Å². The van der Waals surface area contributed by atoms with Gasteiger partial charge in [-0.3, -0.25) is 4.79 Å². The minimum absolute atomic E-state index is 0.115. The molecule has 0 bridgehead atoms. The first-order valence-electron chi connectivity index (χ1n) is 8.52.